The van der Waals surface area contributed by atoms with Gasteiger partial charge in [0, 0.05) is 24.4 Å². The number of rotatable bonds is 2. The van der Waals surface area contributed by atoms with E-state index >= 15 is 0 Å². The van der Waals surface area contributed by atoms with E-state index in [2.05, 4.69) is 20.6 Å². The van der Waals surface area contributed by atoms with Crippen molar-refractivity contribution in [3.8, 4) is 0 Å². The molecule has 0 aliphatic rings. The molecular weight excluding hydrogens is 354 g/mol. The second-order valence-corrected chi connectivity index (χ2v) is 6.06. The average Bonchev–Trinajstić information content (AvgIpc) is 2.97. The zero-order valence-electron chi connectivity index (χ0n) is 14.4. The Bertz CT molecular complexity index is 1200. The van der Waals surface area contributed by atoms with E-state index in [1.807, 2.05) is 0 Å². The first-order valence-corrected chi connectivity index (χ1v) is 8.11. The van der Waals surface area contributed by atoms with Gasteiger partial charge < -0.3 is 15.1 Å². The van der Waals surface area contributed by atoms with Gasteiger partial charge in [0.15, 0.2) is 11.5 Å². The Balaban J connectivity index is 1.65. The highest BCUT2D eigenvalue weighted by molar-refractivity contribution is 6.06. The van der Waals surface area contributed by atoms with Crippen LogP contribution in [0, 0.1) is 25.5 Å². The summed E-state index contributed by atoms with van der Waals surface area (Å²) >= 11 is 0. The second-order valence-electron chi connectivity index (χ2n) is 6.06. The Morgan fingerprint density at radius 3 is 2.59 bits per heavy atom. The molecule has 2 amide bonds. The van der Waals surface area contributed by atoms with Gasteiger partial charge in [0.25, 0.3) is 0 Å². The van der Waals surface area contributed by atoms with Gasteiger partial charge in [-0.3, -0.25) is 0 Å². The second kappa shape index (κ2) is 6.31. The molecule has 2 heterocycles. The number of pyridine rings is 1. The molecule has 27 heavy (non-hydrogen) atoms. The predicted molar refractivity (Wildman–Crippen MR) is 97.8 cm³/mol. The Hall–Kier alpha value is -3.55. The van der Waals surface area contributed by atoms with Crippen molar-refractivity contribution >= 4 is 39.4 Å². The number of aromatic nitrogens is 2. The normalized spacial score (nSPS) is 11.1. The zero-order chi connectivity index (χ0) is 19.1. The first-order valence-electron chi connectivity index (χ1n) is 8.11. The number of amides is 2. The highest BCUT2D eigenvalue weighted by Gasteiger charge is 2.15. The van der Waals surface area contributed by atoms with Gasteiger partial charge in [-0.25, -0.2) is 23.5 Å². The maximum Gasteiger partial charge on any atom is 0.323 e. The van der Waals surface area contributed by atoms with Crippen molar-refractivity contribution in [2.75, 3.05) is 10.6 Å². The molecule has 2 aromatic carbocycles. The lowest BCUT2D eigenvalue weighted by Crippen LogP contribution is -2.20. The summed E-state index contributed by atoms with van der Waals surface area (Å²) in [5, 5.41) is 5.10. The van der Waals surface area contributed by atoms with Crippen LogP contribution >= 0.6 is 0 Å². The predicted octanol–water partition coefficient (Wildman–Crippen LogP) is 4.92. The molecule has 8 heteroatoms. The third kappa shape index (κ3) is 3.17. The van der Waals surface area contributed by atoms with Gasteiger partial charge in [-0.1, -0.05) is 0 Å². The van der Waals surface area contributed by atoms with E-state index in [-0.39, 0.29) is 16.6 Å². The van der Waals surface area contributed by atoms with Gasteiger partial charge in [-0.15, -0.1) is 0 Å². The quantitative estimate of drug-likeness (QED) is 0.527. The van der Waals surface area contributed by atoms with Crippen molar-refractivity contribution in [3.63, 3.8) is 0 Å². The largest absolute Gasteiger partial charge is 0.441 e. The molecule has 0 unspecified atom stereocenters. The van der Waals surface area contributed by atoms with Crippen LogP contribution < -0.4 is 10.6 Å². The number of benzene rings is 2. The topological polar surface area (TPSA) is 80.0 Å². The zero-order valence-corrected chi connectivity index (χ0v) is 14.4. The van der Waals surface area contributed by atoms with Crippen molar-refractivity contribution in [1.82, 2.24) is 9.97 Å². The van der Waals surface area contributed by atoms with E-state index in [0.717, 1.165) is 12.1 Å². The van der Waals surface area contributed by atoms with Crippen LogP contribution in [0.1, 0.15) is 11.6 Å². The molecule has 0 spiro atoms. The number of fused-ring (bicyclic) bond motifs is 2. The van der Waals surface area contributed by atoms with E-state index < -0.39 is 17.7 Å². The van der Waals surface area contributed by atoms with Crippen LogP contribution in [-0.2, 0) is 0 Å². The third-order valence-electron chi connectivity index (χ3n) is 3.99. The summed E-state index contributed by atoms with van der Waals surface area (Å²) in [6.07, 6.45) is 0. The molecule has 4 rings (SSSR count). The Labute approximate surface area is 152 Å². The number of anilines is 2. The SMILES string of the molecule is Cc1cc(NC(=O)Nc2ccc3nc(C)oc3c2)c2c(F)ccc(F)c2n1. The van der Waals surface area contributed by atoms with Crippen LogP contribution in [0.4, 0.5) is 25.0 Å². The average molecular weight is 368 g/mol. The summed E-state index contributed by atoms with van der Waals surface area (Å²) in [6.45, 7) is 3.36. The number of aryl methyl sites for hydroxylation is 2. The molecule has 4 aromatic rings. The van der Waals surface area contributed by atoms with Crippen LogP contribution in [0.3, 0.4) is 0 Å². The smallest absolute Gasteiger partial charge is 0.323 e. The number of carbonyl (C=O) groups is 1. The van der Waals surface area contributed by atoms with Gasteiger partial charge in [0.2, 0.25) is 0 Å². The summed E-state index contributed by atoms with van der Waals surface area (Å²) in [5.41, 5.74) is 2.11. The van der Waals surface area contributed by atoms with Gasteiger partial charge in [-0.05, 0) is 37.3 Å². The molecule has 0 saturated carbocycles. The summed E-state index contributed by atoms with van der Waals surface area (Å²) in [7, 11) is 0. The minimum absolute atomic E-state index is 0.0861. The molecule has 0 bridgehead atoms. The number of hydrogen-bond acceptors (Lipinski definition) is 4. The van der Waals surface area contributed by atoms with Crippen molar-refractivity contribution in [1.29, 1.82) is 0 Å². The van der Waals surface area contributed by atoms with E-state index in [4.69, 9.17) is 4.42 Å². The van der Waals surface area contributed by atoms with Crippen LogP contribution in [0.5, 0.6) is 0 Å². The molecule has 2 aromatic heterocycles. The van der Waals surface area contributed by atoms with Gasteiger partial charge in [0.05, 0.1) is 11.1 Å². The van der Waals surface area contributed by atoms with Crippen LogP contribution in [-0.4, -0.2) is 16.0 Å². The van der Waals surface area contributed by atoms with Gasteiger partial charge in [-0.2, -0.15) is 0 Å². The molecule has 0 fully saturated rings. The monoisotopic (exact) mass is 368 g/mol. The van der Waals surface area contributed by atoms with E-state index in [9.17, 15) is 13.6 Å². The Kier molecular flexibility index (Phi) is 3.95. The summed E-state index contributed by atoms with van der Waals surface area (Å²) < 4.78 is 33.6. The van der Waals surface area contributed by atoms with Crippen molar-refractivity contribution in [2.24, 2.45) is 0 Å². The highest BCUT2D eigenvalue weighted by atomic mass is 19.1. The first-order chi connectivity index (χ1) is 12.9. The molecule has 136 valence electrons. The number of carbonyl (C=O) groups excluding carboxylic acids is 1. The van der Waals surface area contributed by atoms with Crippen molar-refractivity contribution in [3.05, 3.63) is 59.6 Å². The van der Waals surface area contributed by atoms with Crippen molar-refractivity contribution < 1.29 is 18.0 Å². The molecule has 2 N–H and O–H groups in total. The van der Waals surface area contributed by atoms with Crippen LogP contribution in [0.15, 0.2) is 40.8 Å². The molecule has 0 radical (unpaired) electrons. The Morgan fingerprint density at radius 2 is 1.78 bits per heavy atom. The molecule has 0 saturated heterocycles. The molecule has 0 atom stereocenters. The molecule has 0 aliphatic carbocycles. The fourth-order valence-electron chi connectivity index (χ4n) is 2.90. The van der Waals surface area contributed by atoms with E-state index in [1.165, 1.54) is 6.07 Å². The third-order valence-corrected chi connectivity index (χ3v) is 3.99. The number of nitrogens with zero attached hydrogens (tertiary/aromatic N) is 2. The number of nitrogens with one attached hydrogen (secondary N) is 2. The van der Waals surface area contributed by atoms with Gasteiger partial charge in [0.1, 0.15) is 22.7 Å². The number of halogens is 2. The standard InChI is InChI=1S/C19H14F2N4O2/c1-9-7-15(17-12(20)4-5-13(21)18(17)22-9)25-19(26)24-11-3-6-14-16(8-11)27-10(2)23-14/h3-8H,1-2H3,(H2,22,24,25,26). The summed E-state index contributed by atoms with van der Waals surface area (Å²) in [4.78, 5) is 20.6. The number of hydrogen-bond donors (Lipinski definition) is 2. The highest BCUT2D eigenvalue weighted by Crippen LogP contribution is 2.28. The lowest BCUT2D eigenvalue weighted by Gasteiger charge is -2.12. The van der Waals surface area contributed by atoms with Crippen molar-refractivity contribution in [2.45, 2.75) is 13.8 Å². The molecular formula is C19H14F2N4O2. The lowest BCUT2D eigenvalue weighted by atomic mass is 10.1. The number of urea groups is 1. The van der Waals surface area contributed by atoms with Gasteiger partial charge >= 0.3 is 6.03 Å². The fourth-order valence-corrected chi connectivity index (χ4v) is 2.90. The molecule has 6 nitrogen and oxygen atoms in total. The first kappa shape index (κ1) is 16.9. The number of oxazole rings is 1. The lowest BCUT2D eigenvalue weighted by molar-refractivity contribution is 0.262. The van der Waals surface area contributed by atoms with E-state index in [1.54, 1.807) is 32.0 Å². The Morgan fingerprint density at radius 1 is 1.00 bits per heavy atom. The van der Waals surface area contributed by atoms with Crippen LogP contribution in [0.25, 0.3) is 22.0 Å². The maximum atomic E-state index is 14.2. The van der Waals surface area contributed by atoms with E-state index in [0.29, 0.717) is 28.4 Å². The minimum atomic E-state index is -0.673. The summed E-state index contributed by atoms with van der Waals surface area (Å²) in [5.74, 6) is -0.819. The molecule has 0 aliphatic heterocycles. The maximum absolute atomic E-state index is 14.2. The van der Waals surface area contributed by atoms with Crippen LogP contribution in [0.2, 0.25) is 0 Å². The minimum Gasteiger partial charge on any atom is -0.441 e. The fraction of sp³-hybridized carbons (Fsp3) is 0.105. The summed E-state index contributed by atoms with van der Waals surface area (Å²) in [6, 6.07) is 7.88.